The van der Waals surface area contributed by atoms with Gasteiger partial charge in [-0.25, -0.2) is 9.37 Å². The summed E-state index contributed by atoms with van der Waals surface area (Å²) >= 11 is 5.79. The lowest BCUT2D eigenvalue weighted by atomic mass is 10.2. The molecule has 1 aromatic heterocycles. The molecule has 0 atom stereocenters. The molecule has 0 radical (unpaired) electrons. The Bertz CT molecular complexity index is 604. The molecule has 0 saturated carbocycles. The highest BCUT2D eigenvalue weighted by Gasteiger charge is 2.12. The summed E-state index contributed by atoms with van der Waals surface area (Å²) in [6, 6.07) is 6.94. The number of carbonyl (C=O) groups excluding carboxylic acids is 1. The molecule has 2 rings (SSSR count). The van der Waals surface area contributed by atoms with Crippen LogP contribution < -0.4 is 11.1 Å². The summed E-state index contributed by atoms with van der Waals surface area (Å²) in [4.78, 5) is 15.6. The average Bonchev–Trinajstić information content (AvgIpc) is 2.32. The number of aromatic nitrogens is 1. The Morgan fingerprint density at radius 3 is 2.89 bits per heavy atom. The van der Waals surface area contributed by atoms with Crippen molar-refractivity contribution in [3.05, 3.63) is 53.1 Å². The van der Waals surface area contributed by atoms with Crippen LogP contribution in [0.2, 0.25) is 5.15 Å². The first-order valence-corrected chi connectivity index (χ1v) is 5.42. The van der Waals surface area contributed by atoms with Crippen LogP contribution in [0.1, 0.15) is 10.4 Å². The van der Waals surface area contributed by atoms with E-state index in [9.17, 15) is 9.18 Å². The molecule has 0 bridgehead atoms. The first-order valence-electron chi connectivity index (χ1n) is 5.04. The molecule has 1 heterocycles. The molecule has 0 spiro atoms. The van der Waals surface area contributed by atoms with Crippen molar-refractivity contribution in [2.24, 2.45) is 0 Å². The summed E-state index contributed by atoms with van der Waals surface area (Å²) in [6.45, 7) is 0. The molecular formula is C12H9ClFN3O. The Morgan fingerprint density at radius 2 is 2.17 bits per heavy atom. The van der Waals surface area contributed by atoms with Crippen molar-refractivity contribution >= 4 is 28.9 Å². The Balaban J connectivity index is 2.24. The van der Waals surface area contributed by atoms with E-state index in [0.29, 0.717) is 11.4 Å². The van der Waals surface area contributed by atoms with Gasteiger partial charge in [0, 0.05) is 5.69 Å². The maximum absolute atomic E-state index is 13.0. The number of rotatable bonds is 2. The number of anilines is 2. The van der Waals surface area contributed by atoms with Gasteiger partial charge >= 0.3 is 0 Å². The second-order valence-corrected chi connectivity index (χ2v) is 3.93. The van der Waals surface area contributed by atoms with Crippen LogP contribution in [0, 0.1) is 5.82 Å². The van der Waals surface area contributed by atoms with E-state index in [2.05, 4.69) is 10.3 Å². The molecular weight excluding hydrogens is 257 g/mol. The topological polar surface area (TPSA) is 68.0 Å². The molecule has 1 aromatic carbocycles. The molecule has 4 nitrogen and oxygen atoms in total. The number of hydrogen-bond acceptors (Lipinski definition) is 3. The van der Waals surface area contributed by atoms with Crippen molar-refractivity contribution in [1.82, 2.24) is 4.98 Å². The maximum atomic E-state index is 13.0. The van der Waals surface area contributed by atoms with Crippen molar-refractivity contribution in [2.45, 2.75) is 0 Å². The van der Waals surface area contributed by atoms with Crippen LogP contribution in [-0.2, 0) is 0 Å². The van der Waals surface area contributed by atoms with Gasteiger partial charge in [-0.15, -0.1) is 0 Å². The predicted octanol–water partition coefficient (Wildman–Crippen LogP) is 2.71. The van der Waals surface area contributed by atoms with Crippen LogP contribution >= 0.6 is 11.6 Å². The first-order chi connectivity index (χ1) is 8.56. The van der Waals surface area contributed by atoms with Crippen molar-refractivity contribution in [3.63, 3.8) is 0 Å². The third-order valence-electron chi connectivity index (χ3n) is 2.19. The smallest absolute Gasteiger partial charge is 0.258 e. The van der Waals surface area contributed by atoms with E-state index in [1.807, 2.05) is 0 Å². The number of hydrogen-bond donors (Lipinski definition) is 2. The Labute approximate surface area is 108 Å². The van der Waals surface area contributed by atoms with E-state index in [0.717, 1.165) is 0 Å². The number of carbonyl (C=O) groups is 1. The van der Waals surface area contributed by atoms with E-state index in [1.54, 1.807) is 6.07 Å². The van der Waals surface area contributed by atoms with Gasteiger partial charge in [0.25, 0.3) is 5.91 Å². The molecule has 18 heavy (non-hydrogen) atoms. The standard InChI is InChI=1S/C12H9ClFN3O/c13-11-10(5-8(15)6-16-11)12(18)17-9-3-1-2-7(14)4-9/h1-6H,15H2,(H,17,18). The van der Waals surface area contributed by atoms with Gasteiger partial charge in [-0.1, -0.05) is 17.7 Å². The fourth-order valence-corrected chi connectivity index (χ4v) is 1.58. The van der Waals surface area contributed by atoms with Gasteiger partial charge in [0.15, 0.2) is 0 Å². The normalized spacial score (nSPS) is 10.1. The van der Waals surface area contributed by atoms with Crippen molar-refractivity contribution in [3.8, 4) is 0 Å². The Hall–Kier alpha value is -2.14. The molecule has 92 valence electrons. The largest absolute Gasteiger partial charge is 0.397 e. The van der Waals surface area contributed by atoms with Gasteiger partial charge in [0.1, 0.15) is 11.0 Å². The lowest BCUT2D eigenvalue weighted by Crippen LogP contribution is -2.13. The molecule has 0 unspecified atom stereocenters. The number of pyridine rings is 1. The zero-order valence-electron chi connectivity index (χ0n) is 9.15. The number of nitrogens with one attached hydrogen (secondary N) is 1. The summed E-state index contributed by atoms with van der Waals surface area (Å²) in [5, 5.41) is 2.55. The molecule has 0 aliphatic heterocycles. The minimum absolute atomic E-state index is 0.0399. The molecule has 1 amide bonds. The van der Waals surface area contributed by atoms with Gasteiger partial charge in [-0.3, -0.25) is 4.79 Å². The monoisotopic (exact) mass is 265 g/mol. The number of amides is 1. The van der Waals surface area contributed by atoms with Gasteiger partial charge in [-0.2, -0.15) is 0 Å². The van der Waals surface area contributed by atoms with Crippen LogP contribution in [0.5, 0.6) is 0 Å². The van der Waals surface area contributed by atoms with Crippen molar-refractivity contribution in [1.29, 1.82) is 0 Å². The minimum atomic E-state index is -0.495. The summed E-state index contributed by atoms with van der Waals surface area (Å²) < 4.78 is 13.0. The summed E-state index contributed by atoms with van der Waals surface area (Å²) in [6.07, 6.45) is 1.35. The molecule has 0 saturated heterocycles. The Kier molecular flexibility index (Phi) is 3.43. The van der Waals surface area contributed by atoms with Gasteiger partial charge in [0.2, 0.25) is 0 Å². The number of halogens is 2. The van der Waals surface area contributed by atoms with Crippen LogP contribution in [0.3, 0.4) is 0 Å². The molecule has 3 N–H and O–H groups in total. The van der Waals surface area contributed by atoms with Crippen LogP contribution in [0.25, 0.3) is 0 Å². The van der Waals surface area contributed by atoms with E-state index >= 15 is 0 Å². The second-order valence-electron chi connectivity index (χ2n) is 3.57. The summed E-state index contributed by atoms with van der Waals surface area (Å²) in [5.41, 5.74) is 6.32. The van der Waals surface area contributed by atoms with Gasteiger partial charge < -0.3 is 11.1 Å². The van der Waals surface area contributed by atoms with Crippen molar-refractivity contribution in [2.75, 3.05) is 11.1 Å². The SMILES string of the molecule is Nc1cnc(Cl)c(C(=O)Nc2cccc(F)c2)c1. The fraction of sp³-hybridized carbons (Fsp3) is 0. The van der Waals surface area contributed by atoms with Crippen LogP contribution in [0.15, 0.2) is 36.5 Å². The molecule has 2 aromatic rings. The summed E-state index contributed by atoms with van der Waals surface area (Å²) in [5.74, 6) is -0.935. The fourth-order valence-electron chi connectivity index (χ4n) is 1.39. The number of nitrogen functional groups attached to an aromatic ring is 1. The van der Waals surface area contributed by atoms with Crippen LogP contribution in [-0.4, -0.2) is 10.9 Å². The number of nitrogens with zero attached hydrogens (tertiary/aromatic N) is 1. The quantitative estimate of drug-likeness (QED) is 0.821. The zero-order chi connectivity index (χ0) is 13.1. The van der Waals surface area contributed by atoms with Gasteiger partial charge in [0.05, 0.1) is 17.4 Å². The van der Waals surface area contributed by atoms with Crippen LogP contribution in [0.4, 0.5) is 15.8 Å². The maximum Gasteiger partial charge on any atom is 0.258 e. The third-order valence-corrected chi connectivity index (χ3v) is 2.49. The molecule has 6 heteroatoms. The van der Waals surface area contributed by atoms with E-state index in [4.69, 9.17) is 17.3 Å². The Morgan fingerprint density at radius 1 is 1.39 bits per heavy atom. The first kappa shape index (κ1) is 12.3. The highest BCUT2D eigenvalue weighted by atomic mass is 35.5. The second kappa shape index (κ2) is 5.01. The number of nitrogens with two attached hydrogens (primary N) is 1. The molecule has 0 aliphatic carbocycles. The minimum Gasteiger partial charge on any atom is -0.397 e. The highest BCUT2D eigenvalue weighted by molar-refractivity contribution is 6.33. The average molecular weight is 266 g/mol. The molecule has 0 fully saturated rings. The van der Waals surface area contributed by atoms with Crippen molar-refractivity contribution < 1.29 is 9.18 Å². The lowest BCUT2D eigenvalue weighted by molar-refractivity contribution is 0.102. The predicted molar refractivity (Wildman–Crippen MR) is 68.0 cm³/mol. The highest BCUT2D eigenvalue weighted by Crippen LogP contribution is 2.18. The zero-order valence-corrected chi connectivity index (χ0v) is 9.91. The van der Waals surface area contributed by atoms with Gasteiger partial charge in [-0.05, 0) is 24.3 Å². The third kappa shape index (κ3) is 2.75. The molecule has 0 aliphatic rings. The van der Waals surface area contributed by atoms with E-state index in [1.165, 1.54) is 30.5 Å². The van der Waals surface area contributed by atoms with E-state index in [-0.39, 0.29) is 10.7 Å². The number of benzene rings is 1. The lowest BCUT2D eigenvalue weighted by Gasteiger charge is -2.06. The summed E-state index contributed by atoms with van der Waals surface area (Å²) in [7, 11) is 0. The van der Waals surface area contributed by atoms with E-state index < -0.39 is 11.7 Å².